The molecule has 2 aliphatic rings. The predicted molar refractivity (Wildman–Crippen MR) is 139 cm³/mol. The van der Waals surface area contributed by atoms with Crippen LogP contribution < -0.4 is 5.32 Å². The lowest BCUT2D eigenvalue weighted by Crippen LogP contribution is -2.50. The number of carbonyl (C=O) groups is 1. The van der Waals surface area contributed by atoms with Crippen LogP contribution >= 0.6 is 0 Å². The highest BCUT2D eigenvalue weighted by Crippen LogP contribution is 2.22. The number of piperazine rings is 1. The fourth-order valence-electron chi connectivity index (χ4n) is 5.17. The van der Waals surface area contributed by atoms with Crippen LogP contribution in [0.4, 0.5) is 4.39 Å². The predicted octanol–water partition coefficient (Wildman–Crippen LogP) is 4.12. The number of hydrogen-bond donors (Lipinski definition) is 1. The summed E-state index contributed by atoms with van der Waals surface area (Å²) in [5, 5.41) is 3.72. The lowest BCUT2D eigenvalue weighted by Gasteiger charge is -2.37. The van der Waals surface area contributed by atoms with Crippen LogP contribution in [-0.4, -0.2) is 86.4 Å². The molecule has 1 aromatic carbocycles. The van der Waals surface area contributed by atoms with Gasteiger partial charge in [0.2, 0.25) is 0 Å². The summed E-state index contributed by atoms with van der Waals surface area (Å²) < 4.78 is 13.5. The first-order chi connectivity index (χ1) is 16.5. The molecule has 1 saturated heterocycles. The van der Waals surface area contributed by atoms with Crippen molar-refractivity contribution in [2.24, 2.45) is 5.92 Å². The van der Waals surface area contributed by atoms with Gasteiger partial charge in [0.15, 0.2) is 5.78 Å². The second-order valence-corrected chi connectivity index (χ2v) is 10.2. The van der Waals surface area contributed by atoms with Crippen molar-refractivity contribution < 1.29 is 9.18 Å². The van der Waals surface area contributed by atoms with Crippen molar-refractivity contribution in [1.29, 1.82) is 0 Å². The zero-order valence-electron chi connectivity index (χ0n) is 21.6. The zero-order valence-corrected chi connectivity index (χ0v) is 21.6. The lowest BCUT2D eigenvalue weighted by molar-refractivity contribution is -0.119. The molecule has 1 aliphatic heterocycles. The first kappa shape index (κ1) is 27.0. The molecule has 0 amide bonds. The van der Waals surface area contributed by atoms with E-state index in [4.69, 9.17) is 0 Å². The van der Waals surface area contributed by atoms with Crippen molar-refractivity contribution in [3.05, 3.63) is 47.3 Å². The molecule has 0 saturated carbocycles. The molecule has 3 rings (SSSR count). The van der Waals surface area contributed by atoms with Gasteiger partial charge >= 0.3 is 0 Å². The molecule has 0 bridgehead atoms. The molecule has 0 aromatic heterocycles. The number of nitrogens with zero attached hydrogens (tertiary/aromatic N) is 3. The maximum atomic E-state index is 13.5. The summed E-state index contributed by atoms with van der Waals surface area (Å²) in [6, 6.07) is 7.12. The Bertz CT molecular complexity index is 773. The highest BCUT2D eigenvalue weighted by Gasteiger charge is 2.25. The minimum Gasteiger partial charge on any atom is -0.308 e. The second kappa shape index (κ2) is 14.1. The maximum absolute atomic E-state index is 13.5. The van der Waals surface area contributed by atoms with E-state index in [1.807, 2.05) is 12.1 Å². The molecule has 5 nitrogen and oxygen atoms in total. The molecule has 0 spiro atoms. The van der Waals surface area contributed by atoms with Crippen LogP contribution in [0.5, 0.6) is 0 Å². The second-order valence-electron chi connectivity index (χ2n) is 10.2. The Hall–Kier alpha value is -1.60. The van der Waals surface area contributed by atoms with Crippen molar-refractivity contribution in [1.82, 2.24) is 20.0 Å². The van der Waals surface area contributed by atoms with Crippen molar-refractivity contribution in [3.8, 4) is 0 Å². The van der Waals surface area contributed by atoms with Gasteiger partial charge in [0.05, 0.1) is 0 Å². The van der Waals surface area contributed by atoms with Gasteiger partial charge in [-0.15, -0.1) is 0 Å². The van der Waals surface area contributed by atoms with E-state index in [0.717, 1.165) is 95.7 Å². The number of hydrogen-bond acceptors (Lipinski definition) is 5. The summed E-state index contributed by atoms with van der Waals surface area (Å²) in [5.74, 6) is 0.242. The Kier molecular flexibility index (Phi) is 11.2. The molecule has 2 unspecified atom stereocenters. The molecule has 190 valence electrons. The number of likely N-dealkylation sites (N-methyl/N-ethyl adjacent to an activating group) is 1. The molecular weight excluding hydrogens is 427 g/mol. The normalized spacial score (nSPS) is 19.7. The highest BCUT2D eigenvalue weighted by atomic mass is 19.1. The topological polar surface area (TPSA) is 38.8 Å². The summed E-state index contributed by atoms with van der Waals surface area (Å²) in [6.07, 6.45) is 7.72. The van der Waals surface area contributed by atoms with Gasteiger partial charge in [0.1, 0.15) is 5.82 Å². The third-order valence-electron chi connectivity index (χ3n) is 7.25. The van der Waals surface area contributed by atoms with Crippen LogP contribution in [0.2, 0.25) is 0 Å². The van der Waals surface area contributed by atoms with Gasteiger partial charge in [-0.3, -0.25) is 9.69 Å². The van der Waals surface area contributed by atoms with E-state index in [0.29, 0.717) is 5.78 Å². The Balaban J connectivity index is 1.48. The van der Waals surface area contributed by atoms with Gasteiger partial charge in [-0.1, -0.05) is 32.1 Å². The number of benzene rings is 1. The highest BCUT2D eigenvalue weighted by molar-refractivity contribution is 5.97. The van der Waals surface area contributed by atoms with Crippen LogP contribution in [0, 0.1) is 11.7 Å². The fraction of sp³-hybridized carbons (Fsp3) is 0.679. The van der Waals surface area contributed by atoms with E-state index in [1.165, 1.54) is 6.42 Å². The lowest BCUT2D eigenvalue weighted by atomic mass is 9.90. The number of nitrogens with one attached hydrogen (secondary N) is 1. The van der Waals surface area contributed by atoms with E-state index in [2.05, 4.69) is 47.0 Å². The third kappa shape index (κ3) is 8.56. The summed E-state index contributed by atoms with van der Waals surface area (Å²) >= 11 is 0. The van der Waals surface area contributed by atoms with Gasteiger partial charge < -0.3 is 15.1 Å². The monoisotopic (exact) mass is 472 g/mol. The summed E-state index contributed by atoms with van der Waals surface area (Å²) in [6.45, 7) is 13.1. The molecular formula is C28H45FN4O. The Labute approximate surface area is 206 Å². The molecule has 0 radical (unpaired) electrons. The molecule has 1 heterocycles. The average molecular weight is 473 g/mol. The standard InChI is InChI=1S/C28H45FN4O/c1-4-15-31(3)16-14-30-27(24-10-12-26(29)13-11-24)22-33-19-17-32(18-20-33)21-23(2)28(34)25-8-6-5-7-9-25/h8,10-13,23,27,30H,4-7,9,14-22H2,1-3H3. The Morgan fingerprint density at radius 1 is 1.06 bits per heavy atom. The van der Waals surface area contributed by atoms with Crippen LogP contribution in [0.15, 0.2) is 35.9 Å². The number of ketones is 1. The van der Waals surface area contributed by atoms with Crippen LogP contribution in [0.1, 0.15) is 57.6 Å². The fourth-order valence-corrected chi connectivity index (χ4v) is 5.17. The minimum absolute atomic E-state index is 0.0737. The largest absolute Gasteiger partial charge is 0.308 e. The molecule has 1 N–H and O–H groups in total. The molecule has 2 atom stereocenters. The van der Waals surface area contributed by atoms with E-state index in [1.54, 1.807) is 12.1 Å². The molecule has 6 heteroatoms. The number of Topliss-reactive ketones (excluding diaryl/α,β-unsaturated/α-hetero) is 1. The van der Waals surface area contributed by atoms with Gasteiger partial charge in [0.25, 0.3) is 0 Å². The Morgan fingerprint density at radius 2 is 1.74 bits per heavy atom. The van der Waals surface area contributed by atoms with Gasteiger partial charge in [-0.05, 0) is 69.0 Å². The minimum atomic E-state index is -0.188. The van der Waals surface area contributed by atoms with Crippen LogP contribution in [0.3, 0.4) is 0 Å². The molecule has 34 heavy (non-hydrogen) atoms. The van der Waals surface area contributed by atoms with Crippen molar-refractivity contribution in [2.45, 2.75) is 52.0 Å². The molecule has 1 aliphatic carbocycles. The summed E-state index contributed by atoms with van der Waals surface area (Å²) in [5.41, 5.74) is 2.21. The van der Waals surface area contributed by atoms with E-state index < -0.39 is 0 Å². The quantitative estimate of drug-likeness (QED) is 0.468. The van der Waals surface area contributed by atoms with E-state index in [-0.39, 0.29) is 17.8 Å². The van der Waals surface area contributed by atoms with Gasteiger partial charge in [-0.2, -0.15) is 0 Å². The number of carbonyl (C=O) groups excluding carboxylic acids is 1. The molecule has 1 fully saturated rings. The average Bonchev–Trinajstić information content (AvgIpc) is 2.85. The smallest absolute Gasteiger partial charge is 0.162 e. The number of halogens is 1. The van der Waals surface area contributed by atoms with Crippen molar-refractivity contribution >= 4 is 5.78 Å². The zero-order chi connectivity index (χ0) is 24.3. The van der Waals surface area contributed by atoms with Crippen LogP contribution in [0.25, 0.3) is 0 Å². The first-order valence-corrected chi connectivity index (χ1v) is 13.3. The molecule has 1 aromatic rings. The van der Waals surface area contributed by atoms with Crippen LogP contribution in [-0.2, 0) is 4.79 Å². The maximum Gasteiger partial charge on any atom is 0.162 e. The van der Waals surface area contributed by atoms with Crippen molar-refractivity contribution in [2.75, 3.05) is 66.0 Å². The number of rotatable bonds is 13. The Morgan fingerprint density at radius 3 is 2.35 bits per heavy atom. The van der Waals surface area contributed by atoms with Crippen molar-refractivity contribution in [3.63, 3.8) is 0 Å². The number of allylic oxidation sites excluding steroid dienone is 2. The van der Waals surface area contributed by atoms with Gasteiger partial charge in [0, 0.05) is 64.3 Å². The summed E-state index contributed by atoms with van der Waals surface area (Å²) in [7, 11) is 2.16. The SMILES string of the molecule is CCCN(C)CCNC(CN1CCN(CC(C)C(=O)C2=CCCCC2)CC1)c1ccc(F)cc1. The van der Waals surface area contributed by atoms with E-state index >= 15 is 0 Å². The first-order valence-electron chi connectivity index (χ1n) is 13.3. The van der Waals surface area contributed by atoms with E-state index in [9.17, 15) is 9.18 Å². The van der Waals surface area contributed by atoms with Gasteiger partial charge in [-0.25, -0.2) is 4.39 Å². The summed E-state index contributed by atoms with van der Waals surface area (Å²) in [4.78, 5) is 20.1. The third-order valence-corrected chi connectivity index (χ3v) is 7.25.